The van der Waals surface area contributed by atoms with E-state index in [1.165, 1.54) is 6.07 Å². The lowest BCUT2D eigenvalue weighted by Crippen LogP contribution is -2.12. The molecule has 2 rings (SSSR count). The number of primary amides is 1. The van der Waals surface area contributed by atoms with Crippen LogP contribution in [0.5, 0.6) is 5.75 Å². The SMILES string of the molecule is NC(=O)c1cc(F)cc(Cc2ccc(Br)cc2)c1O. The first kappa shape index (κ1) is 13.5. The van der Waals surface area contributed by atoms with E-state index in [2.05, 4.69) is 15.9 Å². The van der Waals surface area contributed by atoms with Gasteiger partial charge in [-0.05, 0) is 29.8 Å². The van der Waals surface area contributed by atoms with E-state index in [9.17, 15) is 14.3 Å². The third kappa shape index (κ3) is 3.12. The standard InChI is InChI=1S/C14H11BrFNO2/c15-10-3-1-8(2-4-10)5-9-6-11(16)7-12(13(9)18)14(17)19/h1-4,6-7,18H,5H2,(H2,17,19). The van der Waals surface area contributed by atoms with Gasteiger partial charge in [-0.2, -0.15) is 0 Å². The molecule has 0 aromatic heterocycles. The van der Waals surface area contributed by atoms with Crippen LogP contribution in [-0.2, 0) is 6.42 Å². The first-order chi connectivity index (χ1) is 8.97. The fourth-order valence-electron chi connectivity index (χ4n) is 1.80. The summed E-state index contributed by atoms with van der Waals surface area (Å²) < 4.78 is 14.3. The van der Waals surface area contributed by atoms with E-state index in [4.69, 9.17) is 5.73 Å². The number of phenols is 1. The lowest BCUT2D eigenvalue weighted by molar-refractivity contribution is 0.0997. The quantitative estimate of drug-likeness (QED) is 0.912. The number of halogens is 2. The van der Waals surface area contributed by atoms with Crippen LogP contribution >= 0.6 is 15.9 Å². The molecule has 0 heterocycles. The second kappa shape index (κ2) is 5.40. The molecule has 98 valence electrons. The van der Waals surface area contributed by atoms with Crippen molar-refractivity contribution in [3.8, 4) is 5.75 Å². The van der Waals surface area contributed by atoms with Gasteiger partial charge in [0.2, 0.25) is 0 Å². The molecule has 0 atom stereocenters. The number of hydrogen-bond donors (Lipinski definition) is 2. The van der Waals surface area contributed by atoms with Gasteiger partial charge < -0.3 is 10.8 Å². The van der Waals surface area contributed by atoms with E-state index in [0.717, 1.165) is 16.1 Å². The van der Waals surface area contributed by atoms with Crippen LogP contribution in [0, 0.1) is 5.82 Å². The van der Waals surface area contributed by atoms with Crippen LogP contribution in [0.4, 0.5) is 4.39 Å². The van der Waals surface area contributed by atoms with Gasteiger partial charge in [0.1, 0.15) is 11.6 Å². The number of benzene rings is 2. The molecule has 0 aliphatic heterocycles. The highest BCUT2D eigenvalue weighted by atomic mass is 79.9. The van der Waals surface area contributed by atoms with E-state index < -0.39 is 11.7 Å². The second-order valence-corrected chi connectivity index (χ2v) is 5.04. The Balaban J connectivity index is 2.39. The smallest absolute Gasteiger partial charge is 0.252 e. The maximum absolute atomic E-state index is 13.4. The Morgan fingerprint density at radius 3 is 2.47 bits per heavy atom. The van der Waals surface area contributed by atoms with Gasteiger partial charge in [0.05, 0.1) is 5.56 Å². The minimum atomic E-state index is -0.853. The van der Waals surface area contributed by atoms with E-state index in [1.807, 2.05) is 24.3 Å². The number of amides is 1. The molecule has 0 saturated heterocycles. The highest BCUT2D eigenvalue weighted by Crippen LogP contribution is 2.26. The molecule has 0 saturated carbocycles. The summed E-state index contributed by atoms with van der Waals surface area (Å²) in [4.78, 5) is 11.1. The molecule has 3 nitrogen and oxygen atoms in total. The van der Waals surface area contributed by atoms with Crippen LogP contribution in [0.1, 0.15) is 21.5 Å². The van der Waals surface area contributed by atoms with Gasteiger partial charge in [-0.1, -0.05) is 28.1 Å². The van der Waals surface area contributed by atoms with Gasteiger partial charge in [-0.25, -0.2) is 4.39 Å². The van der Waals surface area contributed by atoms with Gasteiger partial charge in [0, 0.05) is 16.5 Å². The first-order valence-electron chi connectivity index (χ1n) is 5.53. The maximum atomic E-state index is 13.4. The van der Waals surface area contributed by atoms with Crippen molar-refractivity contribution < 1.29 is 14.3 Å². The molecule has 0 fully saturated rings. The van der Waals surface area contributed by atoms with Crippen molar-refractivity contribution in [2.45, 2.75) is 6.42 Å². The normalized spacial score (nSPS) is 10.4. The molecule has 0 bridgehead atoms. The summed E-state index contributed by atoms with van der Waals surface area (Å²) in [6.45, 7) is 0. The summed E-state index contributed by atoms with van der Waals surface area (Å²) in [7, 11) is 0. The molecule has 1 amide bonds. The van der Waals surface area contributed by atoms with Crippen LogP contribution < -0.4 is 5.73 Å². The van der Waals surface area contributed by atoms with Crippen LogP contribution in [0.25, 0.3) is 0 Å². The highest BCUT2D eigenvalue weighted by molar-refractivity contribution is 9.10. The predicted molar refractivity (Wildman–Crippen MR) is 73.5 cm³/mol. The van der Waals surface area contributed by atoms with Gasteiger partial charge >= 0.3 is 0 Å². The fraction of sp³-hybridized carbons (Fsp3) is 0.0714. The lowest BCUT2D eigenvalue weighted by atomic mass is 10.0. The summed E-state index contributed by atoms with van der Waals surface area (Å²) in [5.41, 5.74) is 6.11. The molecule has 5 heteroatoms. The van der Waals surface area contributed by atoms with E-state index in [0.29, 0.717) is 12.0 Å². The molecular formula is C14H11BrFNO2. The monoisotopic (exact) mass is 323 g/mol. The summed E-state index contributed by atoms with van der Waals surface area (Å²) in [6.07, 6.45) is 0.317. The van der Waals surface area contributed by atoms with E-state index >= 15 is 0 Å². The summed E-state index contributed by atoms with van der Waals surface area (Å²) in [6, 6.07) is 9.52. The van der Waals surface area contributed by atoms with Gasteiger partial charge in [0.15, 0.2) is 0 Å². The molecular weight excluding hydrogens is 313 g/mol. The Hall–Kier alpha value is -1.88. The fourth-order valence-corrected chi connectivity index (χ4v) is 2.06. The third-order valence-electron chi connectivity index (χ3n) is 2.73. The van der Waals surface area contributed by atoms with Crippen molar-refractivity contribution in [2.75, 3.05) is 0 Å². The Morgan fingerprint density at radius 2 is 1.89 bits per heavy atom. The number of carbonyl (C=O) groups is 1. The molecule has 0 aliphatic carbocycles. The minimum Gasteiger partial charge on any atom is -0.507 e. The second-order valence-electron chi connectivity index (χ2n) is 4.13. The zero-order chi connectivity index (χ0) is 14.0. The average molecular weight is 324 g/mol. The zero-order valence-corrected chi connectivity index (χ0v) is 11.4. The van der Waals surface area contributed by atoms with Crippen molar-refractivity contribution in [3.63, 3.8) is 0 Å². The molecule has 19 heavy (non-hydrogen) atoms. The Morgan fingerprint density at radius 1 is 1.26 bits per heavy atom. The largest absolute Gasteiger partial charge is 0.507 e. The van der Waals surface area contributed by atoms with Crippen LogP contribution in [-0.4, -0.2) is 11.0 Å². The van der Waals surface area contributed by atoms with Crippen molar-refractivity contribution >= 4 is 21.8 Å². The average Bonchev–Trinajstić information content (AvgIpc) is 2.35. The Labute approximate surface area is 118 Å². The van der Waals surface area contributed by atoms with Crippen LogP contribution in [0.15, 0.2) is 40.9 Å². The summed E-state index contributed by atoms with van der Waals surface area (Å²) in [5, 5.41) is 9.92. The number of aromatic hydroxyl groups is 1. The van der Waals surface area contributed by atoms with Crippen LogP contribution in [0.3, 0.4) is 0 Å². The van der Waals surface area contributed by atoms with Crippen molar-refractivity contribution in [3.05, 3.63) is 63.4 Å². The predicted octanol–water partition coefficient (Wildman–Crippen LogP) is 2.98. The Bertz CT molecular complexity index is 626. The summed E-state index contributed by atoms with van der Waals surface area (Å²) in [5.74, 6) is -1.72. The molecule has 0 spiro atoms. The number of hydrogen-bond acceptors (Lipinski definition) is 2. The van der Waals surface area contributed by atoms with Crippen molar-refractivity contribution in [1.29, 1.82) is 0 Å². The minimum absolute atomic E-state index is 0.202. The number of nitrogens with two attached hydrogens (primary N) is 1. The van der Waals surface area contributed by atoms with E-state index in [-0.39, 0.29) is 11.3 Å². The van der Waals surface area contributed by atoms with Gasteiger partial charge in [0.25, 0.3) is 5.91 Å². The lowest BCUT2D eigenvalue weighted by Gasteiger charge is -2.08. The van der Waals surface area contributed by atoms with E-state index in [1.54, 1.807) is 0 Å². The third-order valence-corrected chi connectivity index (χ3v) is 3.26. The van der Waals surface area contributed by atoms with Crippen molar-refractivity contribution in [1.82, 2.24) is 0 Å². The highest BCUT2D eigenvalue weighted by Gasteiger charge is 2.14. The molecule has 0 aliphatic rings. The molecule has 3 N–H and O–H groups in total. The summed E-state index contributed by atoms with van der Waals surface area (Å²) >= 11 is 3.32. The Kier molecular flexibility index (Phi) is 3.85. The van der Waals surface area contributed by atoms with Crippen LogP contribution in [0.2, 0.25) is 0 Å². The van der Waals surface area contributed by atoms with Gasteiger partial charge in [-0.3, -0.25) is 4.79 Å². The maximum Gasteiger partial charge on any atom is 0.252 e. The van der Waals surface area contributed by atoms with Crippen molar-refractivity contribution in [2.24, 2.45) is 5.73 Å². The first-order valence-corrected chi connectivity index (χ1v) is 6.32. The molecule has 2 aromatic carbocycles. The number of carbonyl (C=O) groups excluding carboxylic acids is 1. The number of rotatable bonds is 3. The topological polar surface area (TPSA) is 63.3 Å². The zero-order valence-electron chi connectivity index (χ0n) is 9.86. The molecule has 0 unspecified atom stereocenters. The van der Waals surface area contributed by atoms with Gasteiger partial charge in [-0.15, -0.1) is 0 Å². The molecule has 0 radical (unpaired) electrons. The molecule has 2 aromatic rings.